The van der Waals surface area contributed by atoms with Crippen molar-refractivity contribution in [1.82, 2.24) is 5.32 Å². The molecule has 2 unspecified atom stereocenters. The molecule has 1 saturated carbocycles. The minimum atomic E-state index is -0.211. The fourth-order valence-corrected chi connectivity index (χ4v) is 2.73. The first-order chi connectivity index (χ1) is 10.2. The quantitative estimate of drug-likeness (QED) is 0.913. The van der Waals surface area contributed by atoms with Crippen LogP contribution in [-0.4, -0.2) is 5.91 Å². The van der Waals surface area contributed by atoms with Crippen molar-refractivity contribution in [2.45, 2.75) is 25.8 Å². The number of hydrogen-bond acceptors (Lipinski definition) is 1. The van der Waals surface area contributed by atoms with Crippen molar-refractivity contribution in [2.75, 3.05) is 0 Å². The molecule has 21 heavy (non-hydrogen) atoms. The Bertz CT molecular complexity index is 668. The molecule has 0 aliphatic heterocycles. The smallest absolute Gasteiger partial charge is 0.224 e. The van der Waals surface area contributed by atoms with E-state index in [0.717, 1.165) is 12.0 Å². The normalized spacial score (nSPS) is 20.1. The van der Waals surface area contributed by atoms with E-state index in [2.05, 4.69) is 5.32 Å². The molecule has 3 heteroatoms. The molecule has 0 heterocycles. The Morgan fingerprint density at radius 2 is 1.90 bits per heavy atom. The Kier molecular flexibility index (Phi) is 3.74. The molecule has 2 aromatic rings. The summed E-state index contributed by atoms with van der Waals surface area (Å²) in [6, 6.07) is 14.7. The second-order valence-electron chi connectivity index (χ2n) is 5.61. The molecule has 0 aromatic heterocycles. The van der Waals surface area contributed by atoms with Gasteiger partial charge in [0.1, 0.15) is 5.82 Å². The van der Waals surface area contributed by atoms with E-state index in [1.807, 2.05) is 37.3 Å². The zero-order valence-electron chi connectivity index (χ0n) is 12.0. The highest BCUT2D eigenvalue weighted by molar-refractivity contribution is 5.82. The molecule has 2 aromatic carbocycles. The van der Waals surface area contributed by atoms with Gasteiger partial charge in [0.15, 0.2) is 0 Å². The second-order valence-corrected chi connectivity index (χ2v) is 5.61. The van der Waals surface area contributed by atoms with Gasteiger partial charge in [0.25, 0.3) is 0 Å². The number of benzene rings is 2. The zero-order chi connectivity index (χ0) is 14.8. The van der Waals surface area contributed by atoms with Crippen LogP contribution in [0.5, 0.6) is 0 Å². The zero-order valence-corrected chi connectivity index (χ0v) is 12.0. The maximum absolute atomic E-state index is 13.7. The third-order valence-electron chi connectivity index (χ3n) is 4.15. The lowest BCUT2D eigenvalue weighted by atomic mass is 10.1. The average molecular weight is 283 g/mol. The third kappa shape index (κ3) is 2.97. The van der Waals surface area contributed by atoms with Crippen LogP contribution in [0.1, 0.15) is 29.0 Å². The summed E-state index contributed by atoms with van der Waals surface area (Å²) in [5, 5.41) is 2.96. The Morgan fingerprint density at radius 3 is 2.67 bits per heavy atom. The summed E-state index contributed by atoms with van der Waals surface area (Å²) in [4.78, 5) is 12.2. The van der Waals surface area contributed by atoms with Crippen LogP contribution in [0.15, 0.2) is 48.5 Å². The topological polar surface area (TPSA) is 29.1 Å². The third-order valence-corrected chi connectivity index (χ3v) is 4.15. The first-order valence-corrected chi connectivity index (χ1v) is 7.23. The summed E-state index contributed by atoms with van der Waals surface area (Å²) in [6.45, 7) is 2.56. The predicted octanol–water partition coefficient (Wildman–Crippen LogP) is 3.55. The predicted molar refractivity (Wildman–Crippen MR) is 80.3 cm³/mol. The Hall–Kier alpha value is -2.16. The van der Waals surface area contributed by atoms with Gasteiger partial charge in [-0.05, 0) is 42.0 Å². The molecule has 1 aliphatic rings. The monoisotopic (exact) mass is 283 g/mol. The van der Waals surface area contributed by atoms with Crippen molar-refractivity contribution in [2.24, 2.45) is 5.92 Å². The summed E-state index contributed by atoms with van der Waals surface area (Å²) in [7, 11) is 0. The van der Waals surface area contributed by atoms with Crippen LogP contribution >= 0.6 is 0 Å². The van der Waals surface area contributed by atoms with E-state index < -0.39 is 0 Å². The van der Waals surface area contributed by atoms with Gasteiger partial charge in [0, 0.05) is 12.5 Å². The Balaban J connectivity index is 1.59. The van der Waals surface area contributed by atoms with Crippen LogP contribution in [-0.2, 0) is 11.3 Å². The molecule has 1 amide bonds. The summed E-state index contributed by atoms with van der Waals surface area (Å²) in [5.41, 5.74) is 2.95. The number of carbonyl (C=O) groups excluding carboxylic acids is 1. The van der Waals surface area contributed by atoms with E-state index >= 15 is 0 Å². The molecule has 1 aliphatic carbocycles. The lowest BCUT2D eigenvalue weighted by molar-refractivity contribution is -0.122. The largest absolute Gasteiger partial charge is 0.352 e. The molecule has 1 fully saturated rings. The molecule has 0 spiro atoms. The number of amides is 1. The van der Waals surface area contributed by atoms with E-state index in [4.69, 9.17) is 0 Å². The minimum absolute atomic E-state index is 0.0199. The van der Waals surface area contributed by atoms with Gasteiger partial charge in [-0.3, -0.25) is 4.79 Å². The summed E-state index contributed by atoms with van der Waals surface area (Å²) in [6.07, 6.45) is 0.737. The highest BCUT2D eigenvalue weighted by Gasteiger charge is 2.44. The minimum Gasteiger partial charge on any atom is -0.352 e. The second kappa shape index (κ2) is 5.68. The molecular weight excluding hydrogens is 265 g/mol. The van der Waals surface area contributed by atoms with Crippen LogP contribution in [0.25, 0.3) is 0 Å². The van der Waals surface area contributed by atoms with Gasteiger partial charge >= 0.3 is 0 Å². The van der Waals surface area contributed by atoms with Gasteiger partial charge in [-0.25, -0.2) is 4.39 Å². The average Bonchev–Trinajstić information content (AvgIpc) is 3.27. The Morgan fingerprint density at radius 1 is 1.19 bits per heavy atom. The van der Waals surface area contributed by atoms with Gasteiger partial charge in [0.05, 0.1) is 0 Å². The highest BCUT2D eigenvalue weighted by Crippen LogP contribution is 2.48. The number of halogens is 1. The maximum atomic E-state index is 13.7. The number of hydrogen-bond donors (Lipinski definition) is 1. The molecule has 3 rings (SSSR count). The van der Waals surface area contributed by atoms with Gasteiger partial charge in [-0.2, -0.15) is 0 Å². The van der Waals surface area contributed by atoms with Gasteiger partial charge < -0.3 is 5.32 Å². The molecule has 1 N–H and O–H groups in total. The summed E-state index contributed by atoms with van der Waals surface area (Å²) >= 11 is 0. The fourth-order valence-electron chi connectivity index (χ4n) is 2.73. The van der Waals surface area contributed by atoms with E-state index in [1.165, 1.54) is 11.6 Å². The fraction of sp³-hybridized carbons (Fsp3) is 0.278. The first-order valence-electron chi connectivity index (χ1n) is 7.23. The van der Waals surface area contributed by atoms with Crippen molar-refractivity contribution >= 4 is 5.91 Å². The lowest BCUT2D eigenvalue weighted by Crippen LogP contribution is -2.25. The van der Waals surface area contributed by atoms with E-state index in [1.54, 1.807) is 12.1 Å². The van der Waals surface area contributed by atoms with Crippen LogP contribution in [0.3, 0.4) is 0 Å². The van der Waals surface area contributed by atoms with Gasteiger partial charge in [-0.1, -0.05) is 42.5 Å². The van der Waals surface area contributed by atoms with Crippen molar-refractivity contribution in [3.8, 4) is 0 Å². The first kappa shape index (κ1) is 13.8. The number of carbonyl (C=O) groups is 1. The Labute approximate surface area is 124 Å². The van der Waals surface area contributed by atoms with E-state index in [9.17, 15) is 9.18 Å². The van der Waals surface area contributed by atoms with Crippen molar-refractivity contribution in [1.29, 1.82) is 0 Å². The highest BCUT2D eigenvalue weighted by atomic mass is 19.1. The molecule has 0 radical (unpaired) electrons. The molecule has 0 bridgehead atoms. The van der Waals surface area contributed by atoms with Crippen LogP contribution in [0, 0.1) is 18.7 Å². The van der Waals surface area contributed by atoms with Gasteiger partial charge in [0.2, 0.25) is 5.91 Å². The number of nitrogens with one attached hydrogen (secondary N) is 1. The number of aryl methyl sites for hydroxylation is 1. The lowest BCUT2D eigenvalue weighted by Gasteiger charge is -2.08. The van der Waals surface area contributed by atoms with Gasteiger partial charge in [-0.15, -0.1) is 0 Å². The maximum Gasteiger partial charge on any atom is 0.224 e. The molecule has 0 saturated heterocycles. The van der Waals surface area contributed by atoms with Crippen LogP contribution in [0.2, 0.25) is 0 Å². The molecule has 2 atom stereocenters. The van der Waals surface area contributed by atoms with E-state index in [-0.39, 0.29) is 23.6 Å². The standard InChI is InChI=1S/C18H18FNO/c1-12-6-2-3-7-13(12)11-20-18(21)16-10-15(16)14-8-4-5-9-17(14)19/h2-9,15-16H,10-11H2,1H3,(H,20,21). The van der Waals surface area contributed by atoms with Crippen molar-refractivity contribution < 1.29 is 9.18 Å². The molecule has 108 valence electrons. The van der Waals surface area contributed by atoms with E-state index in [0.29, 0.717) is 12.1 Å². The molecule has 2 nitrogen and oxygen atoms in total. The molecular formula is C18H18FNO. The summed E-state index contributed by atoms with van der Waals surface area (Å²) < 4.78 is 13.7. The van der Waals surface area contributed by atoms with Crippen LogP contribution < -0.4 is 5.32 Å². The SMILES string of the molecule is Cc1ccccc1CNC(=O)C1CC1c1ccccc1F. The summed E-state index contributed by atoms with van der Waals surface area (Å²) in [5.74, 6) is -0.253. The number of rotatable bonds is 4. The van der Waals surface area contributed by atoms with Crippen molar-refractivity contribution in [3.05, 3.63) is 71.0 Å². The van der Waals surface area contributed by atoms with Crippen molar-refractivity contribution in [3.63, 3.8) is 0 Å². The van der Waals surface area contributed by atoms with Crippen LogP contribution in [0.4, 0.5) is 4.39 Å².